The summed E-state index contributed by atoms with van der Waals surface area (Å²) in [6.07, 6.45) is 3.45. The predicted octanol–water partition coefficient (Wildman–Crippen LogP) is 1.99. The molecule has 0 spiro atoms. The van der Waals surface area contributed by atoms with Crippen LogP contribution in [-0.2, 0) is 11.3 Å². The number of benzene rings is 1. The van der Waals surface area contributed by atoms with Crippen LogP contribution >= 0.6 is 0 Å². The number of rotatable bonds is 3. The van der Waals surface area contributed by atoms with Gasteiger partial charge in [-0.2, -0.15) is 0 Å². The van der Waals surface area contributed by atoms with Crippen LogP contribution in [0.15, 0.2) is 23.2 Å². The molecular formula is C19H25N3O3. The van der Waals surface area contributed by atoms with E-state index >= 15 is 0 Å². The van der Waals surface area contributed by atoms with E-state index in [1.54, 1.807) is 0 Å². The van der Waals surface area contributed by atoms with Crippen molar-refractivity contribution in [3.05, 3.63) is 23.8 Å². The maximum Gasteiger partial charge on any atom is 0.231 e. The Morgan fingerprint density at radius 2 is 1.92 bits per heavy atom. The zero-order chi connectivity index (χ0) is 16.8. The Morgan fingerprint density at radius 1 is 1.16 bits per heavy atom. The van der Waals surface area contributed by atoms with Gasteiger partial charge < -0.3 is 24.4 Å². The van der Waals surface area contributed by atoms with Gasteiger partial charge in [0.05, 0.1) is 18.8 Å². The van der Waals surface area contributed by atoms with Gasteiger partial charge in [0.25, 0.3) is 0 Å². The summed E-state index contributed by atoms with van der Waals surface area (Å²) in [5.41, 5.74) is 1.14. The van der Waals surface area contributed by atoms with Gasteiger partial charge in [-0.1, -0.05) is 6.07 Å². The predicted molar refractivity (Wildman–Crippen MR) is 93.8 cm³/mol. The maximum absolute atomic E-state index is 6.09. The van der Waals surface area contributed by atoms with E-state index < -0.39 is 0 Å². The van der Waals surface area contributed by atoms with E-state index in [4.69, 9.17) is 19.2 Å². The van der Waals surface area contributed by atoms with Gasteiger partial charge in [0.2, 0.25) is 6.79 Å². The lowest BCUT2D eigenvalue weighted by Gasteiger charge is -2.23. The van der Waals surface area contributed by atoms with Crippen LogP contribution in [-0.4, -0.2) is 49.5 Å². The summed E-state index contributed by atoms with van der Waals surface area (Å²) < 4.78 is 16.9. The fourth-order valence-electron chi connectivity index (χ4n) is 4.76. The topological polar surface area (TPSA) is 55.3 Å². The van der Waals surface area contributed by atoms with E-state index in [-0.39, 0.29) is 0 Å². The van der Waals surface area contributed by atoms with E-state index in [1.807, 2.05) is 12.1 Å². The fraction of sp³-hybridized carbons (Fsp3) is 0.632. The Kier molecular flexibility index (Phi) is 3.73. The van der Waals surface area contributed by atoms with Crippen LogP contribution in [0.3, 0.4) is 0 Å². The summed E-state index contributed by atoms with van der Waals surface area (Å²) in [4.78, 5) is 7.31. The van der Waals surface area contributed by atoms with Gasteiger partial charge in [-0.05, 0) is 37.5 Å². The number of ether oxygens (including phenoxy) is 3. The lowest BCUT2D eigenvalue weighted by Crippen LogP contribution is -2.41. The summed E-state index contributed by atoms with van der Waals surface area (Å²) in [6, 6.07) is 6.06. The molecule has 0 amide bonds. The first-order valence-electron chi connectivity index (χ1n) is 9.39. The molecule has 0 aliphatic carbocycles. The first-order chi connectivity index (χ1) is 12.3. The van der Waals surface area contributed by atoms with Crippen molar-refractivity contribution in [1.29, 1.82) is 0 Å². The largest absolute Gasteiger partial charge is 0.454 e. The average Bonchev–Trinajstić information content (AvgIpc) is 3.39. The molecule has 0 aromatic heterocycles. The minimum Gasteiger partial charge on any atom is -0.454 e. The van der Waals surface area contributed by atoms with Crippen molar-refractivity contribution >= 4 is 5.96 Å². The van der Waals surface area contributed by atoms with Crippen molar-refractivity contribution in [2.24, 2.45) is 16.8 Å². The van der Waals surface area contributed by atoms with Gasteiger partial charge in [-0.25, -0.2) is 4.99 Å². The average molecular weight is 343 g/mol. The monoisotopic (exact) mass is 343 g/mol. The SMILES string of the molecule is CCNC(=NCc1ccc2c(c1)OCO2)N1CC2C3CCC(O3)C2C1. The van der Waals surface area contributed by atoms with Crippen LogP contribution in [0.5, 0.6) is 11.5 Å². The lowest BCUT2D eigenvalue weighted by atomic mass is 9.82. The minimum absolute atomic E-state index is 0.311. The molecule has 1 aromatic rings. The minimum atomic E-state index is 0.311. The highest BCUT2D eigenvalue weighted by Crippen LogP contribution is 2.47. The molecule has 4 unspecified atom stereocenters. The molecule has 4 atom stereocenters. The van der Waals surface area contributed by atoms with E-state index in [0.29, 0.717) is 37.4 Å². The molecule has 0 saturated carbocycles. The number of hydrogen-bond acceptors (Lipinski definition) is 4. The van der Waals surface area contributed by atoms with Gasteiger partial charge in [-0.15, -0.1) is 0 Å². The molecule has 25 heavy (non-hydrogen) atoms. The molecule has 4 heterocycles. The highest BCUT2D eigenvalue weighted by Gasteiger charge is 2.53. The number of likely N-dealkylation sites (tertiary alicyclic amines) is 1. The number of hydrogen-bond donors (Lipinski definition) is 1. The highest BCUT2D eigenvalue weighted by atomic mass is 16.7. The molecule has 3 fully saturated rings. The van der Waals surface area contributed by atoms with Gasteiger partial charge in [0, 0.05) is 31.5 Å². The number of aliphatic imine (C=N–C) groups is 1. The van der Waals surface area contributed by atoms with Crippen LogP contribution in [0.25, 0.3) is 0 Å². The smallest absolute Gasteiger partial charge is 0.231 e. The lowest BCUT2D eigenvalue weighted by molar-refractivity contribution is 0.0767. The van der Waals surface area contributed by atoms with Crippen molar-refractivity contribution < 1.29 is 14.2 Å². The van der Waals surface area contributed by atoms with Crippen molar-refractivity contribution in [2.45, 2.75) is 38.5 Å². The molecule has 5 rings (SSSR count). The van der Waals surface area contributed by atoms with Crippen molar-refractivity contribution in [2.75, 3.05) is 26.4 Å². The van der Waals surface area contributed by atoms with E-state index in [1.165, 1.54) is 12.8 Å². The van der Waals surface area contributed by atoms with Gasteiger partial charge in [0.15, 0.2) is 17.5 Å². The molecule has 1 N–H and O–H groups in total. The molecule has 134 valence electrons. The summed E-state index contributed by atoms with van der Waals surface area (Å²) in [5.74, 6) is 4.04. The Labute approximate surface area is 148 Å². The Hall–Kier alpha value is -1.95. The number of nitrogens with zero attached hydrogens (tertiary/aromatic N) is 2. The highest BCUT2D eigenvalue weighted by molar-refractivity contribution is 5.80. The second-order valence-corrected chi connectivity index (χ2v) is 7.38. The first kappa shape index (κ1) is 15.3. The Morgan fingerprint density at radius 3 is 2.68 bits per heavy atom. The van der Waals surface area contributed by atoms with E-state index in [0.717, 1.165) is 42.7 Å². The van der Waals surface area contributed by atoms with Crippen molar-refractivity contribution in [1.82, 2.24) is 10.2 Å². The maximum atomic E-state index is 6.09. The molecular weight excluding hydrogens is 318 g/mol. The van der Waals surface area contributed by atoms with Crippen LogP contribution < -0.4 is 14.8 Å². The van der Waals surface area contributed by atoms with Gasteiger partial charge in [-0.3, -0.25) is 0 Å². The third-order valence-corrected chi connectivity index (χ3v) is 5.94. The third-order valence-electron chi connectivity index (χ3n) is 5.94. The fourth-order valence-corrected chi connectivity index (χ4v) is 4.76. The van der Waals surface area contributed by atoms with Crippen molar-refractivity contribution in [3.8, 4) is 11.5 Å². The van der Waals surface area contributed by atoms with E-state index in [9.17, 15) is 0 Å². The summed E-state index contributed by atoms with van der Waals surface area (Å²) in [6.45, 7) is 6.10. The zero-order valence-electron chi connectivity index (χ0n) is 14.6. The third kappa shape index (κ3) is 2.63. The first-order valence-corrected chi connectivity index (χ1v) is 9.39. The standard InChI is InChI=1S/C19H25N3O3/c1-2-20-19(21-8-12-3-4-17-18(7-12)24-11-23-17)22-9-13-14(10-22)16-6-5-15(13)25-16/h3-4,7,13-16H,2,5-6,8-11H2,1H3,(H,20,21). The molecule has 6 nitrogen and oxygen atoms in total. The second kappa shape index (κ2) is 6.09. The van der Waals surface area contributed by atoms with Crippen LogP contribution in [0, 0.1) is 11.8 Å². The number of nitrogens with one attached hydrogen (secondary N) is 1. The van der Waals surface area contributed by atoms with Gasteiger partial charge >= 0.3 is 0 Å². The molecule has 1 aromatic carbocycles. The Balaban J connectivity index is 1.30. The molecule has 6 heteroatoms. The van der Waals surface area contributed by atoms with Crippen LogP contribution in [0.4, 0.5) is 0 Å². The summed E-state index contributed by atoms with van der Waals surface area (Å²) >= 11 is 0. The van der Waals surface area contributed by atoms with Gasteiger partial charge in [0.1, 0.15) is 0 Å². The number of guanidine groups is 1. The molecule has 3 saturated heterocycles. The van der Waals surface area contributed by atoms with E-state index in [2.05, 4.69) is 23.2 Å². The molecule has 4 aliphatic heterocycles. The number of fused-ring (bicyclic) bond motifs is 6. The molecule has 2 bridgehead atoms. The Bertz CT molecular complexity index is 674. The zero-order valence-corrected chi connectivity index (χ0v) is 14.6. The normalized spacial score (nSPS) is 32.4. The summed E-state index contributed by atoms with van der Waals surface area (Å²) in [5, 5.41) is 3.47. The summed E-state index contributed by atoms with van der Waals surface area (Å²) in [7, 11) is 0. The molecule has 0 radical (unpaired) electrons. The second-order valence-electron chi connectivity index (χ2n) is 7.38. The van der Waals surface area contributed by atoms with Crippen molar-refractivity contribution in [3.63, 3.8) is 0 Å². The van der Waals surface area contributed by atoms with Crippen LogP contribution in [0.2, 0.25) is 0 Å². The van der Waals surface area contributed by atoms with Crippen LogP contribution in [0.1, 0.15) is 25.3 Å². The quantitative estimate of drug-likeness (QED) is 0.672. The molecule has 4 aliphatic rings.